The minimum atomic E-state index is 0.475. The van der Waals surface area contributed by atoms with E-state index in [-0.39, 0.29) is 0 Å². The molecule has 0 fully saturated rings. The number of benzene rings is 2. The number of rotatable bonds is 5. The number of nitrogens with two attached hydrogens (primary N) is 1. The summed E-state index contributed by atoms with van der Waals surface area (Å²) in [6.07, 6.45) is 0.988. The van der Waals surface area contributed by atoms with Gasteiger partial charge in [0.15, 0.2) is 0 Å². The summed E-state index contributed by atoms with van der Waals surface area (Å²) in [6, 6.07) is 17.3. The van der Waals surface area contributed by atoms with Gasteiger partial charge in [0.25, 0.3) is 0 Å². The van der Waals surface area contributed by atoms with E-state index >= 15 is 0 Å². The Morgan fingerprint density at radius 3 is 2.43 bits per heavy atom. The molecule has 0 aliphatic carbocycles. The Kier molecular flexibility index (Phi) is 5.60. The quantitative estimate of drug-likeness (QED) is 0.341. The molecule has 2 aromatic rings. The molecule has 0 radical (unpaired) electrons. The van der Waals surface area contributed by atoms with Crippen molar-refractivity contribution in [2.75, 3.05) is 11.9 Å². The van der Waals surface area contributed by atoms with Gasteiger partial charge in [-0.25, -0.2) is 10.8 Å². The predicted octanol–water partition coefficient (Wildman–Crippen LogP) is 3.04. The van der Waals surface area contributed by atoms with E-state index in [9.17, 15) is 0 Å². The molecule has 5 nitrogen and oxygen atoms in total. The zero-order valence-electron chi connectivity index (χ0n) is 12.0. The first-order chi connectivity index (χ1) is 10.3. The van der Waals surface area contributed by atoms with Gasteiger partial charge in [-0.3, -0.25) is 5.43 Å². The summed E-state index contributed by atoms with van der Waals surface area (Å²) in [5, 5.41) is 3.11. The predicted molar refractivity (Wildman–Crippen MR) is 86.7 cm³/mol. The molecule has 0 amide bonds. The lowest BCUT2D eigenvalue weighted by molar-refractivity contribution is 0.317. The largest absolute Gasteiger partial charge is 0.494 e. The average Bonchev–Trinajstić information content (AvgIpc) is 2.54. The van der Waals surface area contributed by atoms with Crippen LogP contribution in [-0.2, 0) is 0 Å². The fraction of sp³-hybridized carbons (Fsp3) is 0.188. The van der Waals surface area contributed by atoms with E-state index in [1.54, 1.807) is 0 Å². The van der Waals surface area contributed by atoms with Crippen LogP contribution in [0.2, 0.25) is 0 Å². The van der Waals surface area contributed by atoms with Gasteiger partial charge in [0, 0.05) is 5.69 Å². The Balaban J connectivity index is 2.05. The van der Waals surface area contributed by atoms with Crippen molar-refractivity contribution in [1.82, 2.24) is 5.43 Å². The summed E-state index contributed by atoms with van der Waals surface area (Å²) >= 11 is 0. The summed E-state index contributed by atoms with van der Waals surface area (Å²) < 4.78 is 5.53. The van der Waals surface area contributed by atoms with E-state index in [0.717, 1.165) is 23.5 Å². The van der Waals surface area contributed by atoms with Crippen LogP contribution in [0.4, 0.5) is 11.4 Å². The Hall–Kier alpha value is -2.53. The van der Waals surface area contributed by atoms with Crippen LogP contribution >= 0.6 is 0 Å². The molecule has 0 bridgehead atoms. The number of anilines is 1. The molecule has 0 unspecified atom stereocenters. The van der Waals surface area contributed by atoms with E-state index in [1.807, 2.05) is 54.6 Å². The number of nitrogens with one attached hydrogen (secondary N) is 2. The third-order valence-corrected chi connectivity index (χ3v) is 2.72. The van der Waals surface area contributed by atoms with Gasteiger partial charge in [-0.15, -0.1) is 0 Å². The number of hydrazine groups is 1. The van der Waals surface area contributed by atoms with Gasteiger partial charge < -0.3 is 10.1 Å². The molecular weight excluding hydrogens is 264 g/mol. The number of hydrogen-bond donors (Lipinski definition) is 3. The molecule has 0 aromatic heterocycles. The molecule has 21 heavy (non-hydrogen) atoms. The number of ether oxygens (including phenoxy) is 1. The van der Waals surface area contributed by atoms with Gasteiger partial charge in [-0.05, 0) is 42.8 Å². The normalized spacial score (nSPS) is 11.0. The number of guanidine groups is 1. The van der Waals surface area contributed by atoms with Crippen molar-refractivity contribution in [1.29, 1.82) is 0 Å². The van der Waals surface area contributed by atoms with Crippen molar-refractivity contribution in [3.63, 3.8) is 0 Å². The van der Waals surface area contributed by atoms with E-state index in [0.29, 0.717) is 12.6 Å². The van der Waals surface area contributed by atoms with Crippen LogP contribution in [0.3, 0.4) is 0 Å². The van der Waals surface area contributed by atoms with Crippen LogP contribution in [0, 0.1) is 0 Å². The fourth-order valence-electron chi connectivity index (χ4n) is 1.72. The molecule has 2 aromatic carbocycles. The molecule has 0 saturated carbocycles. The molecule has 5 heteroatoms. The van der Waals surface area contributed by atoms with Gasteiger partial charge in [-0.2, -0.15) is 0 Å². The second-order valence-electron chi connectivity index (χ2n) is 4.44. The van der Waals surface area contributed by atoms with Crippen LogP contribution in [0.5, 0.6) is 5.75 Å². The smallest absolute Gasteiger partial charge is 0.215 e. The van der Waals surface area contributed by atoms with Crippen LogP contribution < -0.4 is 21.3 Å². The molecule has 110 valence electrons. The second-order valence-corrected chi connectivity index (χ2v) is 4.44. The van der Waals surface area contributed by atoms with Crippen LogP contribution in [0.25, 0.3) is 0 Å². The number of aliphatic imine (C=N–C) groups is 1. The maximum atomic E-state index is 5.53. The minimum absolute atomic E-state index is 0.475. The Bertz CT molecular complexity index is 567. The molecule has 4 N–H and O–H groups in total. The molecule has 0 atom stereocenters. The number of nitrogens with zero attached hydrogens (tertiary/aromatic N) is 1. The SMILES string of the molecule is CCCOc1ccc(N=C(NN)Nc2ccccc2)cc1. The highest BCUT2D eigenvalue weighted by Crippen LogP contribution is 2.18. The molecule has 0 aliphatic rings. The topological polar surface area (TPSA) is 71.7 Å². The molecule has 2 rings (SSSR count). The number of hydrogen-bond acceptors (Lipinski definition) is 3. The van der Waals surface area contributed by atoms with Gasteiger partial charge in [-0.1, -0.05) is 25.1 Å². The Labute approximate surface area is 124 Å². The van der Waals surface area contributed by atoms with Crippen LogP contribution in [-0.4, -0.2) is 12.6 Å². The third-order valence-electron chi connectivity index (χ3n) is 2.72. The third kappa shape index (κ3) is 4.81. The van der Waals surface area contributed by atoms with Gasteiger partial charge in [0.05, 0.1) is 12.3 Å². The maximum Gasteiger partial charge on any atom is 0.215 e. The number of para-hydroxylation sites is 1. The highest BCUT2D eigenvalue weighted by molar-refractivity contribution is 5.94. The molecule has 0 spiro atoms. The van der Waals surface area contributed by atoms with Crippen molar-refractivity contribution in [2.45, 2.75) is 13.3 Å². The highest BCUT2D eigenvalue weighted by Gasteiger charge is 1.99. The van der Waals surface area contributed by atoms with Crippen molar-refractivity contribution in [3.05, 3.63) is 54.6 Å². The van der Waals surface area contributed by atoms with Crippen molar-refractivity contribution in [3.8, 4) is 5.75 Å². The fourth-order valence-corrected chi connectivity index (χ4v) is 1.72. The zero-order valence-corrected chi connectivity index (χ0v) is 12.0. The molecule has 0 heterocycles. The lowest BCUT2D eigenvalue weighted by atomic mass is 10.3. The summed E-state index contributed by atoms with van der Waals surface area (Å²) in [7, 11) is 0. The first kappa shape index (κ1) is 14.9. The zero-order chi connectivity index (χ0) is 14.9. The van der Waals surface area contributed by atoms with Crippen molar-refractivity contribution < 1.29 is 4.74 Å². The lowest BCUT2D eigenvalue weighted by Crippen LogP contribution is -2.35. The Morgan fingerprint density at radius 2 is 1.81 bits per heavy atom. The van der Waals surface area contributed by atoms with E-state index < -0.39 is 0 Å². The first-order valence-electron chi connectivity index (χ1n) is 6.92. The summed E-state index contributed by atoms with van der Waals surface area (Å²) in [4.78, 5) is 4.41. The first-order valence-corrected chi connectivity index (χ1v) is 6.92. The molecular formula is C16H20N4O. The maximum absolute atomic E-state index is 5.53. The van der Waals surface area contributed by atoms with Crippen molar-refractivity contribution in [2.24, 2.45) is 10.8 Å². The van der Waals surface area contributed by atoms with E-state index in [1.165, 1.54) is 0 Å². The highest BCUT2D eigenvalue weighted by atomic mass is 16.5. The van der Waals surface area contributed by atoms with E-state index in [4.69, 9.17) is 10.6 Å². The van der Waals surface area contributed by atoms with Gasteiger partial charge in [0.1, 0.15) is 5.75 Å². The van der Waals surface area contributed by atoms with Crippen molar-refractivity contribution >= 4 is 17.3 Å². The van der Waals surface area contributed by atoms with Crippen LogP contribution in [0.1, 0.15) is 13.3 Å². The van der Waals surface area contributed by atoms with Gasteiger partial charge in [0.2, 0.25) is 5.96 Å². The lowest BCUT2D eigenvalue weighted by Gasteiger charge is -2.09. The van der Waals surface area contributed by atoms with Gasteiger partial charge >= 0.3 is 0 Å². The minimum Gasteiger partial charge on any atom is -0.494 e. The monoisotopic (exact) mass is 284 g/mol. The summed E-state index contributed by atoms with van der Waals surface area (Å²) in [6.45, 7) is 2.79. The standard InChI is InChI=1S/C16H20N4O/c1-2-12-21-15-10-8-14(9-11-15)19-16(20-17)18-13-6-4-3-5-7-13/h3-11H,2,12,17H2,1H3,(H2,18,19,20). The second kappa shape index (κ2) is 7.91. The molecule has 0 saturated heterocycles. The Morgan fingerprint density at radius 1 is 1.10 bits per heavy atom. The van der Waals surface area contributed by atoms with Crippen LogP contribution in [0.15, 0.2) is 59.6 Å². The molecule has 0 aliphatic heterocycles. The summed E-state index contributed by atoms with van der Waals surface area (Å²) in [5.74, 6) is 6.81. The van der Waals surface area contributed by atoms with E-state index in [2.05, 4.69) is 22.7 Å². The summed E-state index contributed by atoms with van der Waals surface area (Å²) in [5.41, 5.74) is 4.26. The average molecular weight is 284 g/mol.